The number of rotatable bonds is 5. The van der Waals surface area contributed by atoms with E-state index in [0.717, 1.165) is 22.6 Å². The van der Waals surface area contributed by atoms with E-state index in [1.54, 1.807) is 29.5 Å². The summed E-state index contributed by atoms with van der Waals surface area (Å²) >= 11 is 0. The van der Waals surface area contributed by atoms with Crippen molar-refractivity contribution in [1.82, 2.24) is 24.1 Å². The van der Waals surface area contributed by atoms with Crippen LogP contribution in [0.4, 0.5) is 0 Å². The molecule has 0 amide bonds. The highest BCUT2D eigenvalue weighted by Gasteiger charge is 2.17. The SMILES string of the molecule is COc1ccc(Cn2ccc3nc4ncnn4c(-c4ccc(OC)cc4)c3c2=O)cc1. The normalized spacial score (nSPS) is 11.2. The molecule has 0 radical (unpaired) electrons. The van der Waals surface area contributed by atoms with Gasteiger partial charge in [-0.2, -0.15) is 14.6 Å². The Morgan fingerprint density at radius 2 is 1.58 bits per heavy atom. The molecule has 31 heavy (non-hydrogen) atoms. The Morgan fingerprint density at radius 3 is 2.26 bits per heavy atom. The van der Waals surface area contributed by atoms with Crippen molar-refractivity contribution in [3.8, 4) is 22.8 Å². The largest absolute Gasteiger partial charge is 0.497 e. The first kappa shape index (κ1) is 18.8. The van der Waals surface area contributed by atoms with E-state index in [9.17, 15) is 4.79 Å². The number of benzene rings is 2. The van der Waals surface area contributed by atoms with Gasteiger partial charge in [-0.15, -0.1) is 0 Å². The predicted octanol–water partition coefficient (Wildman–Crippen LogP) is 3.17. The van der Waals surface area contributed by atoms with Gasteiger partial charge in [0.1, 0.15) is 17.8 Å². The van der Waals surface area contributed by atoms with Crippen LogP contribution in [-0.4, -0.2) is 38.4 Å². The maximum atomic E-state index is 13.6. The molecular formula is C23H19N5O3. The Hall–Kier alpha value is -4.20. The second-order valence-electron chi connectivity index (χ2n) is 7.02. The van der Waals surface area contributed by atoms with Crippen LogP contribution in [0.25, 0.3) is 27.9 Å². The second-order valence-corrected chi connectivity index (χ2v) is 7.02. The molecule has 154 valence electrons. The van der Waals surface area contributed by atoms with Gasteiger partial charge in [0.2, 0.25) is 0 Å². The molecular weight excluding hydrogens is 394 g/mol. The predicted molar refractivity (Wildman–Crippen MR) is 117 cm³/mol. The third-order valence-corrected chi connectivity index (χ3v) is 5.22. The average Bonchev–Trinajstić information content (AvgIpc) is 3.28. The number of aromatic nitrogens is 5. The van der Waals surface area contributed by atoms with Gasteiger partial charge in [0.25, 0.3) is 11.3 Å². The fourth-order valence-electron chi connectivity index (χ4n) is 3.63. The summed E-state index contributed by atoms with van der Waals surface area (Å²) in [5.41, 5.74) is 2.88. The Labute approximate surface area is 177 Å². The van der Waals surface area contributed by atoms with Crippen molar-refractivity contribution in [2.75, 3.05) is 14.2 Å². The number of nitrogens with zero attached hydrogens (tertiary/aromatic N) is 5. The van der Waals surface area contributed by atoms with Crippen molar-refractivity contribution >= 4 is 16.7 Å². The number of pyridine rings is 1. The molecule has 0 saturated heterocycles. The van der Waals surface area contributed by atoms with Gasteiger partial charge < -0.3 is 14.0 Å². The molecule has 0 spiro atoms. The highest BCUT2D eigenvalue weighted by molar-refractivity contribution is 5.93. The molecule has 2 aromatic carbocycles. The lowest BCUT2D eigenvalue weighted by Crippen LogP contribution is -2.22. The first-order valence-corrected chi connectivity index (χ1v) is 9.68. The van der Waals surface area contributed by atoms with Crippen molar-refractivity contribution in [3.63, 3.8) is 0 Å². The number of hydrogen-bond donors (Lipinski definition) is 0. The first-order chi connectivity index (χ1) is 15.2. The topological polar surface area (TPSA) is 83.5 Å². The van der Waals surface area contributed by atoms with Crippen molar-refractivity contribution < 1.29 is 9.47 Å². The monoisotopic (exact) mass is 413 g/mol. The maximum absolute atomic E-state index is 13.6. The maximum Gasteiger partial charge on any atom is 0.262 e. The van der Waals surface area contributed by atoms with Gasteiger partial charge in [-0.3, -0.25) is 4.79 Å². The van der Waals surface area contributed by atoms with E-state index in [2.05, 4.69) is 15.1 Å². The third kappa shape index (κ3) is 3.28. The molecule has 0 aliphatic carbocycles. The molecule has 0 saturated carbocycles. The van der Waals surface area contributed by atoms with E-state index in [-0.39, 0.29) is 5.56 Å². The van der Waals surface area contributed by atoms with E-state index in [1.807, 2.05) is 54.6 Å². The average molecular weight is 413 g/mol. The molecule has 3 aromatic heterocycles. The van der Waals surface area contributed by atoms with Gasteiger partial charge >= 0.3 is 0 Å². The van der Waals surface area contributed by atoms with Gasteiger partial charge in [-0.05, 0) is 48.0 Å². The summed E-state index contributed by atoms with van der Waals surface area (Å²) in [7, 11) is 3.24. The highest BCUT2D eigenvalue weighted by Crippen LogP contribution is 2.27. The molecule has 3 heterocycles. The van der Waals surface area contributed by atoms with Gasteiger partial charge in [0.15, 0.2) is 0 Å². The smallest absolute Gasteiger partial charge is 0.262 e. The fraction of sp³-hybridized carbons (Fsp3) is 0.130. The summed E-state index contributed by atoms with van der Waals surface area (Å²) in [5, 5.41) is 4.80. The van der Waals surface area contributed by atoms with Crippen LogP contribution in [0.3, 0.4) is 0 Å². The summed E-state index contributed by atoms with van der Waals surface area (Å²) in [6.45, 7) is 0.427. The van der Waals surface area contributed by atoms with Crippen molar-refractivity contribution in [2.45, 2.75) is 6.54 Å². The lowest BCUT2D eigenvalue weighted by atomic mass is 10.1. The molecule has 0 bridgehead atoms. The first-order valence-electron chi connectivity index (χ1n) is 9.68. The minimum absolute atomic E-state index is 0.149. The van der Waals surface area contributed by atoms with Crippen LogP contribution in [0.5, 0.6) is 11.5 Å². The molecule has 0 aliphatic rings. The summed E-state index contributed by atoms with van der Waals surface area (Å²) < 4.78 is 13.8. The minimum Gasteiger partial charge on any atom is -0.497 e. The Kier molecular flexibility index (Phi) is 4.59. The summed E-state index contributed by atoms with van der Waals surface area (Å²) in [6.07, 6.45) is 3.19. The van der Waals surface area contributed by atoms with Gasteiger partial charge in [-0.25, -0.2) is 4.98 Å². The Bertz CT molecular complexity index is 1440. The van der Waals surface area contributed by atoms with Crippen LogP contribution in [0.2, 0.25) is 0 Å². The van der Waals surface area contributed by atoms with Crippen LogP contribution in [-0.2, 0) is 6.54 Å². The third-order valence-electron chi connectivity index (χ3n) is 5.22. The van der Waals surface area contributed by atoms with Crippen LogP contribution >= 0.6 is 0 Å². The molecule has 0 atom stereocenters. The lowest BCUT2D eigenvalue weighted by molar-refractivity contribution is 0.414. The van der Waals surface area contributed by atoms with Crippen molar-refractivity contribution in [3.05, 3.63) is 83.0 Å². The van der Waals surface area contributed by atoms with Crippen molar-refractivity contribution in [1.29, 1.82) is 0 Å². The molecule has 5 rings (SSSR count). The van der Waals surface area contributed by atoms with Crippen molar-refractivity contribution in [2.24, 2.45) is 0 Å². The van der Waals surface area contributed by atoms with Crippen LogP contribution < -0.4 is 15.0 Å². The van der Waals surface area contributed by atoms with Crippen LogP contribution in [0, 0.1) is 0 Å². The number of fused-ring (bicyclic) bond motifs is 2. The number of hydrogen-bond acceptors (Lipinski definition) is 6. The molecule has 5 aromatic rings. The number of ether oxygens (including phenoxy) is 2. The van der Waals surface area contributed by atoms with Crippen LogP contribution in [0.15, 0.2) is 71.9 Å². The molecule has 0 unspecified atom stereocenters. The van der Waals surface area contributed by atoms with Gasteiger partial charge in [-0.1, -0.05) is 12.1 Å². The van der Waals surface area contributed by atoms with Gasteiger partial charge in [0.05, 0.1) is 37.4 Å². The van der Waals surface area contributed by atoms with E-state index < -0.39 is 0 Å². The second kappa shape index (κ2) is 7.56. The fourth-order valence-corrected chi connectivity index (χ4v) is 3.63. The zero-order valence-corrected chi connectivity index (χ0v) is 17.0. The number of methoxy groups -OCH3 is 2. The van der Waals surface area contributed by atoms with E-state index >= 15 is 0 Å². The zero-order valence-electron chi connectivity index (χ0n) is 17.0. The standard InChI is InChI=1S/C23H19N5O3/c1-30-17-7-3-15(4-8-17)13-27-12-11-19-20(22(27)29)21(28-23(26-19)24-14-25-28)16-5-9-18(31-2)10-6-16/h3-12,14H,13H2,1-2H3. The van der Waals surface area contributed by atoms with E-state index in [1.165, 1.54) is 6.33 Å². The molecule has 0 aliphatic heterocycles. The van der Waals surface area contributed by atoms with E-state index in [4.69, 9.17) is 9.47 Å². The highest BCUT2D eigenvalue weighted by atomic mass is 16.5. The summed E-state index contributed by atoms with van der Waals surface area (Å²) in [6, 6.07) is 17.0. The van der Waals surface area contributed by atoms with Crippen LogP contribution in [0.1, 0.15) is 5.56 Å². The molecule has 0 fully saturated rings. The summed E-state index contributed by atoms with van der Waals surface area (Å²) in [5.74, 6) is 1.94. The van der Waals surface area contributed by atoms with E-state index in [0.29, 0.717) is 28.9 Å². The molecule has 8 heteroatoms. The zero-order chi connectivity index (χ0) is 21.4. The Morgan fingerprint density at radius 1 is 0.903 bits per heavy atom. The van der Waals surface area contributed by atoms with Gasteiger partial charge in [0, 0.05) is 11.8 Å². The molecule has 8 nitrogen and oxygen atoms in total. The minimum atomic E-state index is -0.149. The quantitative estimate of drug-likeness (QED) is 0.440. The molecule has 0 N–H and O–H groups in total. The summed E-state index contributed by atoms with van der Waals surface area (Å²) in [4.78, 5) is 22.3. The Balaban J connectivity index is 1.71. The lowest BCUT2D eigenvalue weighted by Gasteiger charge is -2.12.